The van der Waals surface area contributed by atoms with Gasteiger partial charge in [0, 0.05) is 19.1 Å². The van der Waals surface area contributed by atoms with Gasteiger partial charge in [-0.25, -0.2) is 8.78 Å². The molecule has 0 bridgehead atoms. The number of nitrogens with one attached hydrogen (secondary N) is 1. The molecule has 2 aromatic rings. The van der Waals surface area contributed by atoms with Crippen molar-refractivity contribution in [1.29, 1.82) is 0 Å². The van der Waals surface area contributed by atoms with Crippen LogP contribution in [0.25, 0.3) is 0 Å². The van der Waals surface area contributed by atoms with Gasteiger partial charge in [-0.1, -0.05) is 30.3 Å². The van der Waals surface area contributed by atoms with Gasteiger partial charge in [-0.3, -0.25) is 4.90 Å². The fourth-order valence-corrected chi connectivity index (χ4v) is 3.26. The van der Waals surface area contributed by atoms with E-state index in [0.717, 1.165) is 6.07 Å². The molecule has 146 valence electrons. The van der Waals surface area contributed by atoms with E-state index < -0.39 is 24.3 Å². The van der Waals surface area contributed by atoms with E-state index in [1.807, 2.05) is 0 Å². The number of hydrogen-bond donors (Lipinski definition) is 1. The van der Waals surface area contributed by atoms with Crippen molar-refractivity contribution >= 4 is 5.82 Å². The molecule has 2 heterocycles. The van der Waals surface area contributed by atoms with Crippen molar-refractivity contribution in [3.05, 3.63) is 53.7 Å². The molecule has 1 unspecified atom stereocenters. The molecular formula is C18H19F5N4. The summed E-state index contributed by atoms with van der Waals surface area (Å²) in [6.45, 7) is 0.908. The second-order valence-electron chi connectivity index (χ2n) is 6.45. The maximum Gasteiger partial charge on any atom is 0.435 e. The number of hydrogen-bond acceptors (Lipinski definition) is 4. The molecule has 0 saturated carbocycles. The van der Waals surface area contributed by atoms with Gasteiger partial charge in [-0.15, -0.1) is 10.2 Å². The molecule has 0 amide bonds. The predicted octanol–water partition coefficient (Wildman–Crippen LogP) is 4.38. The first-order chi connectivity index (χ1) is 12.8. The molecule has 1 atom stereocenters. The number of halogens is 5. The van der Waals surface area contributed by atoms with Crippen molar-refractivity contribution in [3.63, 3.8) is 0 Å². The van der Waals surface area contributed by atoms with Crippen molar-refractivity contribution in [2.75, 3.05) is 18.4 Å². The highest BCUT2D eigenvalue weighted by molar-refractivity contribution is 5.35. The lowest BCUT2D eigenvalue weighted by molar-refractivity contribution is -0.141. The number of anilines is 1. The second kappa shape index (κ2) is 8.16. The molecule has 0 radical (unpaired) electrons. The van der Waals surface area contributed by atoms with E-state index in [1.54, 1.807) is 35.2 Å². The van der Waals surface area contributed by atoms with Crippen LogP contribution in [-0.4, -0.2) is 40.7 Å². The Hall–Kier alpha value is -2.29. The van der Waals surface area contributed by atoms with Crippen molar-refractivity contribution < 1.29 is 22.0 Å². The minimum absolute atomic E-state index is 0.0543. The molecule has 4 nitrogen and oxygen atoms in total. The highest BCUT2D eigenvalue weighted by Gasteiger charge is 2.34. The van der Waals surface area contributed by atoms with E-state index >= 15 is 0 Å². The minimum atomic E-state index is -4.53. The Bertz CT molecular complexity index is 713. The summed E-state index contributed by atoms with van der Waals surface area (Å²) in [7, 11) is 0. The Morgan fingerprint density at radius 3 is 2.15 bits per heavy atom. The van der Waals surface area contributed by atoms with Crippen molar-refractivity contribution in [2.24, 2.45) is 0 Å². The number of nitrogens with zero attached hydrogens (tertiary/aromatic N) is 3. The molecule has 1 aromatic heterocycles. The maximum atomic E-state index is 13.6. The van der Waals surface area contributed by atoms with Crippen LogP contribution in [0.3, 0.4) is 0 Å². The van der Waals surface area contributed by atoms with Gasteiger partial charge >= 0.3 is 6.18 Å². The summed E-state index contributed by atoms with van der Waals surface area (Å²) in [5.41, 5.74) is -0.474. The molecule has 27 heavy (non-hydrogen) atoms. The zero-order valence-electron chi connectivity index (χ0n) is 14.3. The molecule has 0 aliphatic carbocycles. The summed E-state index contributed by atoms with van der Waals surface area (Å²) in [5.74, 6) is 0.245. The lowest BCUT2D eigenvalue weighted by atomic mass is 9.99. The summed E-state index contributed by atoms with van der Waals surface area (Å²) in [6, 6.07) is 9.73. The van der Waals surface area contributed by atoms with Crippen LogP contribution in [0.5, 0.6) is 0 Å². The summed E-state index contributed by atoms with van der Waals surface area (Å²) in [5, 5.41) is 9.76. The third kappa shape index (κ3) is 4.91. The van der Waals surface area contributed by atoms with E-state index in [1.165, 1.54) is 6.07 Å². The first-order valence-electron chi connectivity index (χ1n) is 8.59. The van der Waals surface area contributed by atoms with E-state index in [2.05, 4.69) is 15.5 Å². The number of piperidine rings is 1. The quantitative estimate of drug-likeness (QED) is 0.775. The van der Waals surface area contributed by atoms with Crippen LogP contribution in [0, 0.1) is 0 Å². The molecule has 1 N–H and O–H groups in total. The standard InChI is InChI=1S/C18H19F5N4/c19-17(20)16(12-4-2-1-3-5-12)27-10-8-13(9-11-27)24-15-7-6-14(25-26-15)18(21,22)23/h1-7,13,16-17H,8-11H2,(H,24,26). The van der Waals surface area contributed by atoms with Crippen LogP contribution in [0.15, 0.2) is 42.5 Å². The van der Waals surface area contributed by atoms with Crippen LogP contribution >= 0.6 is 0 Å². The Balaban J connectivity index is 1.58. The van der Waals surface area contributed by atoms with E-state index in [0.29, 0.717) is 31.5 Å². The molecular weight excluding hydrogens is 367 g/mol. The Morgan fingerprint density at radius 1 is 0.963 bits per heavy atom. The maximum absolute atomic E-state index is 13.6. The van der Waals surface area contributed by atoms with Crippen molar-refractivity contribution in [2.45, 2.75) is 37.5 Å². The molecule has 1 fully saturated rings. The van der Waals surface area contributed by atoms with Crippen molar-refractivity contribution in [3.8, 4) is 0 Å². The lowest BCUT2D eigenvalue weighted by Gasteiger charge is -2.37. The Kier molecular flexibility index (Phi) is 5.88. The molecule has 3 rings (SSSR count). The summed E-state index contributed by atoms with van der Waals surface area (Å²) >= 11 is 0. The van der Waals surface area contributed by atoms with Crippen LogP contribution in [0.4, 0.5) is 27.8 Å². The van der Waals surface area contributed by atoms with E-state index in [4.69, 9.17) is 0 Å². The number of alkyl halides is 5. The van der Waals surface area contributed by atoms with Gasteiger partial charge in [0.2, 0.25) is 0 Å². The van der Waals surface area contributed by atoms with Crippen LogP contribution < -0.4 is 5.32 Å². The SMILES string of the molecule is FC(F)C(c1ccccc1)N1CCC(Nc2ccc(C(F)(F)F)nn2)CC1. The summed E-state index contributed by atoms with van der Waals surface area (Å²) in [6.07, 6.45) is -5.87. The predicted molar refractivity (Wildman–Crippen MR) is 90.4 cm³/mol. The molecule has 9 heteroatoms. The van der Waals surface area contributed by atoms with E-state index in [9.17, 15) is 22.0 Å². The van der Waals surface area contributed by atoms with Gasteiger partial charge in [0.25, 0.3) is 6.43 Å². The Morgan fingerprint density at radius 2 is 1.63 bits per heavy atom. The second-order valence-corrected chi connectivity index (χ2v) is 6.45. The number of rotatable bonds is 5. The van der Waals surface area contributed by atoms with Crippen LogP contribution in [0.2, 0.25) is 0 Å². The minimum Gasteiger partial charge on any atom is -0.366 e. The number of aromatic nitrogens is 2. The van der Waals surface area contributed by atoms with Crippen LogP contribution in [0.1, 0.15) is 30.1 Å². The van der Waals surface area contributed by atoms with Gasteiger partial charge < -0.3 is 5.32 Å². The first kappa shape index (κ1) is 19.5. The number of likely N-dealkylation sites (tertiary alicyclic amines) is 1. The van der Waals surface area contributed by atoms with Gasteiger partial charge in [0.1, 0.15) is 5.82 Å². The molecule has 0 spiro atoms. The lowest BCUT2D eigenvalue weighted by Crippen LogP contribution is -2.43. The smallest absolute Gasteiger partial charge is 0.366 e. The summed E-state index contributed by atoms with van der Waals surface area (Å²) < 4.78 is 64.7. The zero-order valence-corrected chi connectivity index (χ0v) is 14.3. The van der Waals surface area contributed by atoms with Gasteiger partial charge in [-0.05, 0) is 30.5 Å². The monoisotopic (exact) mass is 386 g/mol. The third-order valence-corrected chi connectivity index (χ3v) is 4.61. The number of benzene rings is 1. The van der Waals surface area contributed by atoms with E-state index in [-0.39, 0.29) is 11.9 Å². The zero-order chi connectivity index (χ0) is 19.4. The largest absolute Gasteiger partial charge is 0.435 e. The average Bonchev–Trinajstić information content (AvgIpc) is 2.64. The molecule has 1 aromatic carbocycles. The third-order valence-electron chi connectivity index (χ3n) is 4.61. The average molecular weight is 386 g/mol. The summed E-state index contributed by atoms with van der Waals surface area (Å²) in [4.78, 5) is 1.75. The highest BCUT2D eigenvalue weighted by Crippen LogP contribution is 2.31. The normalized spacial score (nSPS) is 17.9. The van der Waals surface area contributed by atoms with Crippen LogP contribution in [-0.2, 0) is 6.18 Å². The molecule has 1 saturated heterocycles. The van der Waals surface area contributed by atoms with Gasteiger partial charge in [-0.2, -0.15) is 13.2 Å². The van der Waals surface area contributed by atoms with Crippen molar-refractivity contribution in [1.82, 2.24) is 15.1 Å². The molecule has 1 aliphatic rings. The fourth-order valence-electron chi connectivity index (χ4n) is 3.26. The fraction of sp³-hybridized carbons (Fsp3) is 0.444. The van der Waals surface area contributed by atoms with Gasteiger partial charge in [0.05, 0.1) is 6.04 Å². The molecule has 1 aliphatic heterocycles. The Labute approximate surface area is 153 Å². The van der Waals surface area contributed by atoms with Gasteiger partial charge in [0.15, 0.2) is 5.69 Å². The first-order valence-corrected chi connectivity index (χ1v) is 8.59. The topological polar surface area (TPSA) is 41.0 Å². The highest BCUT2D eigenvalue weighted by atomic mass is 19.4.